The van der Waals surface area contributed by atoms with Crippen molar-refractivity contribution in [3.8, 4) is 5.75 Å². The Labute approximate surface area is 122 Å². The molecule has 20 heavy (non-hydrogen) atoms. The zero-order valence-corrected chi connectivity index (χ0v) is 12.3. The molecule has 110 valence electrons. The number of benzene rings is 1. The van der Waals surface area contributed by atoms with Gasteiger partial charge in [-0.15, -0.1) is 6.58 Å². The van der Waals surface area contributed by atoms with Gasteiger partial charge in [0, 0.05) is 6.54 Å². The van der Waals surface area contributed by atoms with Crippen LogP contribution in [0.1, 0.15) is 0 Å². The lowest BCUT2D eigenvalue weighted by atomic mass is 10.3. The highest BCUT2D eigenvalue weighted by Crippen LogP contribution is 2.28. The number of halogens is 1. The van der Waals surface area contributed by atoms with Crippen molar-refractivity contribution < 1.29 is 23.1 Å². The van der Waals surface area contributed by atoms with Gasteiger partial charge in [0.15, 0.2) is 0 Å². The summed E-state index contributed by atoms with van der Waals surface area (Å²) in [4.78, 5) is 10.6. The van der Waals surface area contributed by atoms with E-state index in [0.29, 0.717) is 5.75 Å². The third-order valence-electron chi connectivity index (χ3n) is 2.41. The molecule has 0 aromatic heterocycles. The van der Waals surface area contributed by atoms with Crippen molar-refractivity contribution in [1.82, 2.24) is 4.31 Å². The molecule has 0 atom stereocenters. The van der Waals surface area contributed by atoms with E-state index in [1.165, 1.54) is 31.4 Å². The average molecular weight is 320 g/mol. The molecule has 0 heterocycles. The Morgan fingerprint density at radius 1 is 1.55 bits per heavy atom. The number of hydrogen-bond donors (Lipinski definition) is 1. The molecule has 0 aliphatic carbocycles. The molecule has 0 radical (unpaired) electrons. The molecule has 0 bridgehead atoms. The van der Waals surface area contributed by atoms with E-state index in [9.17, 15) is 13.2 Å². The zero-order chi connectivity index (χ0) is 15.3. The van der Waals surface area contributed by atoms with E-state index in [1.807, 2.05) is 0 Å². The molecular weight excluding hydrogens is 306 g/mol. The van der Waals surface area contributed by atoms with Crippen LogP contribution in [0.5, 0.6) is 5.75 Å². The smallest absolute Gasteiger partial charge is 0.318 e. The molecule has 1 N–H and O–H groups in total. The summed E-state index contributed by atoms with van der Waals surface area (Å²) in [6.07, 6.45) is 1.31. The highest BCUT2D eigenvalue weighted by atomic mass is 35.5. The Bertz CT molecular complexity index is 614. The van der Waals surface area contributed by atoms with Crippen molar-refractivity contribution in [2.45, 2.75) is 4.90 Å². The van der Waals surface area contributed by atoms with Gasteiger partial charge in [0.05, 0.1) is 17.0 Å². The number of nitrogens with zero attached hydrogens (tertiary/aromatic N) is 1. The maximum absolute atomic E-state index is 12.3. The van der Waals surface area contributed by atoms with E-state index in [1.54, 1.807) is 0 Å². The number of aliphatic carboxylic acids is 1. The highest BCUT2D eigenvalue weighted by Gasteiger charge is 2.26. The molecule has 1 aromatic rings. The highest BCUT2D eigenvalue weighted by molar-refractivity contribution is 7.89. The van der Waals surface area contributed by atoms with Crippen molar-refractivity contribution in [2.75, 3.05) is 20.2 Å². The number of rotatable bonds is 7. The maximum Gasteiger partial charge on any atom is 0.318 e. The number of hydrogen-bond acceptors (Lipinski definition) is 4. The number of carboxylic acid groups (broad SMARTS) is 1. The molecule has 0 aliphatic rings. The minimum absolute atomic E-state index is 0.105. The lowest BCUT2D eigenvalue weighted by molar-refractivity contribution is -0.137. The van der Waals surface area contributed by atoms with Crippen LogP contribution < -0.4 is 4.74 Å². The summed E-state index contributed by atoms with van der Waals surface area (Å²) < 4.78 is 30.4. The fourth-order valence-corrected chi connectivity index (χ4v) is 3.21. The number of carboxylic acids is 1. The van der Waals surface area contributed by atoms with Gasteiger partial charge in [-0.25, -0.2) is 8.42 Å². The predicted molar refractivity (Wildman–Crippen MR) is 74.6 cm³/mol. The molecule has 1 rings (SSSR count). The molecular formula is C12H14ClNO5S. The fraction of sp³-hybridized carbons (Fsp3) is 0.250. The minimum Gasteiger partial charge on any atom is -0.495 e. The third-order valence-corrected chi connectivity index (χ3v) is 4.51. The molecule has 1 aromatic carbocycles. The fourth-order valence-electron chi connectivity index (χ4n) is 1.50. The average Bonchev–Trinajstić information content (AvgIpc) is 2.37. The standard InChI is InChI=1S/C12H14ClNO5S/c1-3-6-14(8-12(15)16)20(17,18)9-4-5-11(19-2)10(13)7-9/h3-5,7H,1,6,8H2,2H3,(H,15,16). The molecule has 0 saturated heterocycles. The van der Waals surface area contributed by atoms with Gasteiger partial charge in [0.2, 0.25) is 10.0 Å². The molecule has 6 nitrogen and oxygen atoms in total. The second-order valence-electron chi connectivity index (χ2n) is 3.78. The normalized spacial score (nSPS) is 11.3. The maximum atomic E-state index is 12.3. The van der Waals surface area contributed by atoms with Crippen molar-refractivity contribution in [3.05, 3.63) is 35.9 Å². The van der Waals surface area contributed by atoms with Crippen molar-refractivity contribution in [3.63, 3.8) is 0 Å². The Morgan fingerprint density at radius 2 is 2.20 bits per heavy atom. The second kappa shape index (κ2) is 6.74. The Morgan fingerprint density at radius 3 is 2.65 bits per heavy atom. The number of ether oxygens (including phenoxy) is 1. The summed E-state index contributed by atoms with van der Waals surface area (Å²) in [6.45, 7) is 2.65. The summed E-state index contributed by atoms with van der Waals surface area (Å²) >= 11 is 5.88. The largest absolute Gasteiger partial charge is 0.495 e. The molecule has 0 fully saturated rings. The topological polar surface area (TPSA) is 83.9 Å². The van der Waals surface area contributed by atoms with Crippen molar-refractivity contribution in [1.29, 1.82) is 0 Å². The first-order valence-electron chi connectivity index (χ1n) is 5.49. The van der Waals surface area contributed by atoms with E-state index in [0.717, 1.165) is 4.31 Å². The quantitative estimate of drug-likeness (QED) is 0.772. The van der Waals surface area contributed by atoms with Crippen molar-refractivity contribution >= 4 is 27.6 Å². The van der Waals surface area contributed by atoms with Crippen LogP contribution in [0, 0.1) is 0 Å². The first-order chi connectivity index (χ1) is 9.32. The lowest BCUT2D eigenvalue weighted by Gasteiger charge is -2.19. The summed E-state index contributed by atoms with van der Waals surface area (Å²) in [6, 6.07) is 3.92. The van der Waals surface area contributed by atoms with Crippen LogP contribution in [-0.2, 0) is 14.8 Å². The van der Waals surface area contributed by atoms with Gasteiger partial charge in [0.1, 0.15) is 12.3 Å². The minimum atomic E-state index is -3.96. The summed E-state index contributed by atoms with van der Waals surface area (Å²) in [5, 5.41) is 8.90. The van der Waals surface area contributed by atoms with Gasteiger partial charge in [-0.3, -0.25) is 4.79 Å². The predicted octanol–water partition coefficient (Wildman–Crippen LogP) is 1.61. The van der Waals surface area contributed by atoms with Crippen LogP contribution in [0.4, 0.5) is 0 Å². The Kier molecular flexibility index (Phi) is 5.55. The van der Waals surface area contributed by atoms with Crippen molar-refractivity contribution in [2.24, 2.45) is 0 Å². The summed E-state index contributed by atoms with van der Waals surface area (Å²) in [7, 11) is -2.56. The summed E-state index contributed by atoms with van der Waals surface area (Å²) in [5.41, 5.74) is 0. The van der Waals surface area contributed by atoms with E-state index in [4.69, 9.17) is 21.4 Å². The van der Waals surface area contributed by atoms with Crippen LogP contribution >= 0.6 is 11.6 Å². The first-order valence-corrected chi connectivity index (χ1v) is 7.31. The van der Waals surface area contributed by atoms with Gasteiger partial charge < -0.3 is 9.84 Å². The summed E-state index contributed by atoms with van der Waals surface area (Å²) in [5.74, 6) is -0.922. The molecule has 0 aliphatic heterocycles. The van der Waals surface area contributed by atoms with E-state index in [-0.39, 0.29) is 16.5 Å². The van der Waals surface area contributed by atoms with E-state index < -0.39 is 22.5 Å². The lowest BCUT2D eigenvalue weighted by Crippen LogP contribution is -2.35. The molecule has 0 spiro atoms. The van der Waals surface area contributed by atoms with Gasteiger partial charge in [0.25, 0.3) is 0 Å². The Hall–Kier alpha value is -1.57. The SMILES string of the molecule is C=CCN(CC(=O)O)S(=O)(=O)c1ccc(OC)c(Cl)c1. The second-order valence-corrected chi connectivity index (χ2v) is 6.12. The van der Waals surface area contributed by atoms with E-state index >= 15 is 0 Å². The molecule has 8 heteroatoms. The number of sulfonamides is 1. The van der Waals surface area contributed by atoms with Gasteiger partial charge in [-0.1, -0.05) is 17.7 Å². The van der Waals surface area contributed by atoms with Crippen LogP contribution in [0.3, 0.4) is 0 Å². The molecule has 0 unspecified atom stereocenters. The van der Waals surface area contributed by atoms with E-state index in [2.05, 4.69) is 6.58 Å². The van der Waals surface area contributed by atoms with Crippen LogP contribution in [-0.4, -0.2) is 44.0 Å². The zero-order valence-electron chi connectivity index (χ0n) is 10.7. The van der Waals surface area contributed by atoms with Crippen LogP contribution in [0.2, 0.25) is 5.02 Å². The van der Waals surface area contributed by atoms with Crippen LogP contribution in [0.15, 0.2) is 35.7 Å². The first kappa shape index (κ1) is 16.5. The van der Waals surface area contributed by atoms with Gasteiger partial charge >= 0.3 is 5.97 Å². The van der Waals surface area contributed by atoms with Gasteiger partial charge in [-0.05, 0) is 18.2 Å². The Balaban J connectivity index is 3.21. The van der Waals surface area contributed by atoms with Crippen LogP contribution in [0.25, 0.3) is 0 Å². The number of carbonyl (C=O) groups is 1. The third kappa shape index (κ3) is 3.72. The molecule has 0 amide bonds. The van der Waals surface area contributed by atoms with Gasteiger partial charge in [-0.2, -0.15) is 4.31 Å². The number of methoxy groups -OCH3 is 1. The molecule has 0 saturated carbocycles. The monoisotopic (exact) mass is 319 g/mol.